The van der Waals surface area contributed by atoms with E-state index in [2.05, 4.69) is 16.4 Å². The molecule has 1 atom stereocenters. The quantitative estimate of drug-likeness (QED) is 0.824. The molecule has 90 valence electrons. The maximum atomic E-state index is 12.3. The summed E-state index contributed by atoms with van der Waals surface area (Å²) in [6.45, 7) is 2.58. The van der Waals surface area contributed by atoms with Crippen molar-refractivity contribution in [2.24, 2.45) is 5.92 Å². The number of carbonyl (C=O) groups excluding carboxylic acids is 1. The third-order valence-corrected chi connectivity index (χ3v) is 3.74. The van der Waals surface area contributed by atoms with Crippen molar-refractivity contribution >= 4 is 5.91 Å². The Balaban J connectivity index is 1.77. The summed E-state index contributed by atoms with van der Waals surface area (Å²) in [6, 6.07) is 4.26. The van der Waals surface area contributed by atoms with Gasteiger partial charge in [-0.2, -0.15) is 0 Å². The Labute approximate surface area is 101 Å². The second-order valence-corrected chi connectivity index (χ2v) is 4.83. The molecule has 0 aliphatic carbocycles. The molecule has 2 fully saturated rings. The lowest BCUT2D eigenvalue weighted by atomic mass is 10.00. The highest BCUT2D eigenvalue weighted by Crippen LogP contribution is 2.32. The first kappa shape index (κ1) is 10.7. The van der Waals surface area contributed by atoms with E-state index >= 15 is 0 Å². The number of hydrogen-bond acceptors (Lipinski definition) is 3. The first-order valence-electron chi connectivity index (χ1n) is 6.27. The van der Waals surface area contributed by atoms with Gasteiger partial charge in [0.2, 0.25) is 5.91 Å². The van der Waals surface area contributed by atoms with Crippen LogP contribution < -0.4 is 5.32 Å². The molecule has 0 radical (unpaired) electrons. The van der Waals surface area contributed by atoms with E-state index in [-0.39, 0.29) is 12.0 Å². The summed E-state index contributed by atoms with van der Waals surface area (Å²) in [5.41, 5.74) is 1.17. The van der Waals surface area contributed by atoms with Crippen LogP contribution in [-0.4, -0.2) is 35.4 Å². The number of hydrogen-bond donors (Lipinski definition) is 1. The van der Waals surface area contributed by atoms with Crippen molar-refractivity contribution in [2.75, 3.05) is 19.6 Å². The normalized spacial score (nSPS) is 24.7. The second-order valence-electron chi connectivity index (χ2n) is 4.83. The monoisotopic (exact) mass is 231 g/mol. The zero-order valence-corrected chi connectivity index (χ0v) is 9.80. The van der Waals surface area contributed by atoms with Gasteiger partial charge in [0, 0.05) is 32.0 Å². The van der Waals surface area contributed by atoms with Crippen LogP contribution in [0.4, 0.5) is 0 Å². The molecule has 1 amide bonds. The molecule has 1 unspecified atom stereocenters. The standard InChI is InChI=1S/C13H17N3O/c17-13(11-8-15-9-11)16-6-2-4-12(16)10-3-1-5-14-7-10/h1,3,5,7,11-12,15H,2,4,6,8-9H2. The Morgan fingerprint density at radius 1 is 1.47 bits per heavy atom. The van der Waals surface area contributed by atoms with Crippen molar-refractivity contribution in [1.82, 2.24) is 15.2 Å². The number of aromatic nitrogens is 1. The lowest BCUT2D eigenvalue weighted by Gasteiger charge is -2.33. The number of nitrogens with zero attached hydrogens (tertiary/aromatic N) is 2. The van der Waals surface area contributed by atoms with Crippen LogP contribution in [0.2, 0.25) is 0 Å². The van der Waals surface area contributed by atoms with E-state index in [0.717, 1.165) is 32.5 Å². The van der Waals surface area contributed by atoms with Gasteiger partial charge in [0.1, 0.15) is 0 Å². The smallest absolute Gasteiger partial charge is 0.228 e. The molecule has 0 saturated carbocycles. The van der Waals surface area contributed by atoms with Gasteiger partial charge in [-0.3, -0.25) is 9.78 Å². The molecule has 2 aliphatic rings. The molecule has 0 bridgehead atoms. The van der Waals surface area contributed by atoms with Gasteiger partial charge in [-0.1, -0.05) is 6.07 Å². The molecule has 1 aromatic heterocycles. The Morgan fingerprint density at radius 2 is 2.35 bits per heavy atom. The van der Waals surface area contributed by atoms with Crippen molar-refractivity contribution in [1.29, 1.82) is 0 Å². The van der Waals surface area contributed by atoms with Gasteiger partial charge < -0.3 is 10.2 Å². The fourth-order valence-electron chi connectivity index (χ4n) is 2.65. The van der Waals surface area contributed by atoms with Crippen LogP contribution in [0.25, 0.3) is 0 Å². The number of nitrogens with one attached hydrogen (secondary N) is 1. The predicted octanol–water partition coefficient (Wildman–Crippen LogP) is 0.964. The molecule has 2 saturated heterocycles. The largest absolute Gasteiger partial charge is 0.335 e. The van der Waals surface area contributed by atoms with Crippen LogP contribution >= 0.6 is 0 Å². The topological polar surface area (TPSA) is 45.2 Å². The lowest BCUT2D eigenvalue weighted by molar-refractivity contribution is -0.138. The molecule has 17 heavy (non-hydrogen) atoms. The summed E-state index contributed by atoms with van der Waals surface area (Å²) < 4.78 is 0. The van der Waals surface area contributed by atoms with Crippen molar-refractivity contribution < 1.29 is 4.79 Å². The van der Waals surface area contributed by atoms with Gasteiger partial charge in [0.25, 0.3) is 0 Å². The highest BCUT2D eigenvalue weighted by Gasteiger charge is 2.36. The summed E-state index contributed by atoms with van der Waals surface area (Å²) in [7, 11) is 0. The fraction of sp³-hybridized carbons (Fsp3) is 0.538. The number of likely N-dealkylation sites (tertiary alicyclic amines) is 1. The first-order valence-corrected chi connectivity index (χ1v) is 6.27. The van der Waals surface area contributed by atoms with Crippen LogP contribution in [-0.2, 0) is 4.79 Å². The molecule has 0 spiro atoms. The summed E-state index contributed by atoms with van der Waals surface area (Å²) in [6.07, 6.45) is 5.83. The summed E-state index contributed by atoms with van der Waals surface area (Å²) in [4.78, 5) is 18.5. The zero-order chi connectivity index (χ0) is 11.7. The molecule has 1 N–H and O–H groups in total. The van der Waals surface area contributed by atoms with Crippen LogP contribution in [0.1, 0.15) is 24.4 Å². The lowest BCUT2D eigenvalue weighted by Crippen LogP contribution is -2.51. The first-order chi connectivity index (χ1) is 8.36. The van der Waals surface area contributed by atoms with Gasteiger partial charge in [-0.15, -0.1) is 0 Å². The summed E-state index contributed by atoms with van der Waals surface area (Å²) in [5, 5.41) is 3.16. The SMILES string of the molecule is O=C(C1CNC1)N1CCCC1c1cccnc1. The van der Waals surface area contributed by atoms with Gasteiger partial charge in [-0.25, -0.2) is 0 Å². The molecule has 3 heterocycles. The summed E-state index contributed by atoms with van der Waals surface area (Å²) in [5.74, 6) is 0.516. The molecule has 4 nitrogen and oxygen atoms in total. The number of carbonyl (C=O) groups is 1. The van der Waals surface area contributed by atoms with Crippen LogP contribution in [0.15, 0.2) is 24.5 Å². The van der Waals surface area contributed by atoms with E-state index in [4.69, 9.17) is 0 Å². The number of pyridine rings is 1. The minimum atomic E-state index is 0.201. The highest BCUT2D eigenvalue weighted by atomic mass is 16.2. The van der Waals surface area contributed by atoms with E-state index < -0.39 is 0 Å². The average Bonchev–Trinajstić information content (AvgIpc) is 2.76. The summed E-state index contributed by atoms with van der Waals surface area (Å²) >= 11 is 0. The van der Waals surface area contributed by atoms with Crippen LogP contribution in [0.3, 0.4) is 0 Å². The minimum absolute atomic E-state index is 0.201. The highest BCUT2D eigenvalue weighted by molar-refractivity contribution is 5.81. The van der Waals surface area contributed by atoms with Crippen molar-refractivity contribution in [3.05, 3.63) is 30.1 Å². The maximum Gasteiger partial charge on any atom is 0.228 e. The third-order valence-electron chi connectivity index (χ3n) is 3.74. The molecular weight excluding hydrogens is 214 g/mol. The Kier molecular flexibility index (Phi) is 2.81. The molecular formula is C13H17N3O. The van der Waals surface area contributed by atoms with E-state index in [1.807, 2.05) is 17.2 Å². The molecule has 0 aromatic carbocycles. The zero-order valence-electron chi connectivity index (χ0n) is 9.80. The predicted molar refractivity (Wildman–Crippen MR) is 64.3 cm³/mol. The van der Waals surface area contributed by atoms with Gasteiger partial charge in [0.15, 0.2) is 0 Å². The van der Waals surface area contributed by atoms with E-state index in [0.29, 0.717) is 5.91 Å². The average molecular weight is 231 g/mol. The van der Waals surface area contributed by atoms with E-state index in [1.165, 1.54) is 5.56 Å². The van der Waals surface area contributed by atoms with Crippen molar-refractivity contribution in [3.63, 3.8) is 0 Å². The molecule has 3 rings (SSSR count). The van der Waals surface area contributed by atoms with Gasteiger partial charge >= 0.3 is 0 Å². The van der Waals surface area contributed by atoms with Crippen LogP contribution in [0, 0.1) is 5.92 Å². The number of amides is 1. The number of rotatable bonds is 2. The Hall–Kier alpha value is -1.42. The van der Waals surface area contributed by atoms with Gasteiger partial charge in [-0.05, 0) is 24.5 Å². The molecule has 4 heteroatoms. The van der Waals surface area contributed by atoms with Crippen molar-refractivity contribution in [3.8, 4) is 0 Å². The Morgan fingerprint density at radius 3 is 3.00 bits per heavy atom. The van der Waals surface area contributed by atoms with Gasteiger partial charge in [0.05, 0.1) is 12.0 Å². The van der Waals surface area contributed by atoms with Crippen molar-refractivity contribution in [2.45, 2.75) is 18.9 Å². The molecule has 1 aromatic rings. The molecule has 2 aliphatic heterocycles. The van der Waals surface area contributed by atoms with Crippen LogP contribution in [0.5, 0.6) is 0 Å². The fourth-order valence-corrected chi connectivity index (χ4v) is 2.65. The maximum absolute atomic E-state index is 12.3. The second kappa shape index (κ2) is 4.45. The minimum Gasteiger partial charge on any atom is -0.335 e. The van der Waals surface area contributed by atoms with E-state index in [1.54, 1.807) is 6.20 Å². The van der Waals surface area contributed by atoms with E-state index in [9.17, 15) is 4.79 Å². The Bertz CT molecular complexity index is 402. The third kappa shape index (κ3) is 1.93.